The Morgan fingerprint density at radius 3 is 2.40 bits per heavy atom. The van der Waals surface area contributed by atoms with Gasteiger partial charge in [0.2, 0.25) is 5.03 Å². The Hall–Kier alpha value is -1.21. The number of carboxylic acids is 1. The molecule has 0 spiro atoms. The van der Waals surface area contributed by atoms with Gasteiger partial charge in [-0.05, 0) is 15.9 Å². The van der Waals surface area contributed by atoms with Crippen LogP contribution in [-0.4, -0.2) is 58.1 Å². The standard InChI is InChI=1S/C7H8BrF3N4O4S/c1-14-6(5(8)12-13-14)20(18,19)15(2-4(16)17)3-7(9,10)11/h2-3H2,1H3,(H,16,17). The lowest BCUT2D eigenvalue weighted by molar-refractivity contribution is -0.146. The molecule has 1 heterocycles. The molecular weight excluding hydrogens is 373 g/mol. The van der Waals surface area contributed by atoms with E-state index in [1.54, 1.807) is 0 Å². The van der Waals surface area contributed by atoms with Crippen LogP contribution < -0.4 is 0 Å². The van der Waals surface area contributed by atoms with Crippen LogP contribution in [0.1, 0.15) is 0 Å². The van der Waals surface area contributed by atoms with Crippen molar-refractivity contribution in [3.8, 4) is 0 Å². The predicted octanol–water partition coefficient (Wildman–Crippen LogP) is 0.215. The highest BCUT2D eigenvalue weighted by molar-refractivity contribution is 9.10. The summed E-state index contributed by atoms with van der Waals surface area (Å²) in [5, 5.41) is 14.6. The summed E-state index contributed by atoms with van der Waals surface area (Å²) < 4.78 is 61.5. The van der Waals surface area contributed by atoms with Crippen molar-refractivity contribution in [2.24, 2.45) is 7.05 Å². The predicted molar refractivity (Wildman–Crippen MR) is 61.2 cm³/mol. The molecule has 0 unspecified atom stereocenters. The number of rotatable bonds is 5. The third-order valence-corrected chi connectivity index (χ3v) is 4.67. The minimum Gasteiger partial charge on any atom is -0.480 e. The first-order valence-corrected chi connectivity index (χ1v) is 7.02. The number of carbonyl (C=O) groups is 1. The number of carboxylic acid groups (broad SMARTS) is 1. The highest BCUT2D eigenvalue weighted by Crippen LogP contribution is 2.25. The first-order chi connectivity index (χ1) is 8.95. The number of aromatic nitrogens is 3. The van der Waals surface area contributed by atoms with Gasteiger partial charge < -0.3 is 5.11 Å². The van der Waals surface area contributed by atoms with Crippen LogP contribution in [-0.2, 0) is 21.9 Å². The minimum atomic E-state index is -4.89. The zero-order chi connectivity index (χ0) is 15.7. The fourth-order valence-electron chi connectivity index (χ4n) is 1.30. The van der Waals surface area contributed by atoms with Crippen LogP contribution in [0.2, 0.25) is 0 Å². The van der Waals surface area contributed by atoms with Crippen LogP contribution in [0, 0.1) is 0 Å². The third kappa shape index (κ3) is 3.89. The van der Waals surface area contributed by atoms with Crippen LogP contribution in [0.25, 0.3) is 0 Å². The number of nitrogens with zero attached hydrogens (tertiary/aromatic N) is 4. The van der Waals surface area contributed by atoms with Gasteiger partial charge in [-0.3, -0.25) is 4.79 Å². The molecule has 0 aliphatic carbocycles. The molecular formula is C7H8BrF3N4O4S. The Balaban J connectivity index is 3.28. The van der Waals surface area contributed by atoms with Gasteiger partial charge in [0.25, 0.3) is 10.0 Å². The van der Waals surface area contributed by atoms with Gasteiger partial charge in [-0.1, -0.05) is 5.21 Å². The number of hydrogen-bond donors (Lipinski definition) is 1. The van der Waals surface area contributed by atoms with E-state index in [2.05, 4.69) is 26.2 Å². The van der Waals surface area contributed by atoms with Crippen molar-refractivity contribution in [3.05, 3.63) is 4.60 Å². The molecule has 0 bridgehead atoms. The lowest BCUT2D eigenvalue weighted by Crippen LogP contribution is -2.42. The van der Waals surface area contributed by atoms with E-state index in [9.17, 15) is 26.4 Å². The number of alkyl halides is 3. The molecule has 0 amide bonds. The zero-order valence-electron chi connectivity index (χ0n) is 9.80. The van der Waals surface area contributed by atoms with Gasteiger partial charge in [0.05, 0.1) is 0 Å². The SMILES string of the molecule is Cn1nnc(Br)c1S(=O)(=O)N(CC(=O)O)CC(F)(F)F. The van der Waals surface area contributed by atoms with E-state index in [-0.39, 0.29) is 8.91 Å². The van der Waals surface area contributed by atoms with E-state index in [4.69, 9.17) is 5.11 Å². The lowest BCUT2D eigenvalue weighted by atomic mass is 10.6. The second kappa shape index (κ2) is 5.65. The second-order valence-corrected chi connectivity index (χ2v) is 6.20. The van der Waals surface area contributed by atoms with Gasteiger partial charge in [0.15, 0.2) is 4.60 Å². The van der Waals surface area contributed by atoms with Crippen molar-refractivity contribution in [1.82, 2.24) is 19.3 Å². The highest BCUT2D eigenvalue weighted by Gasteiger charge is 2.40. The number of halogens is 4. The molecule has 13 heteroatoms. The van der Waals surface area contributed by atoms with Crippen molar-refractivity contribution in [3.63, 3.8) is 0 Å². The highest BCUT2D eigenvalue weighted by atomic mass is 79.9. The summed E-state index contributed by atoms with van der Waals surface area (Å²) in [6.07, 6.45) is -4.89. The molecule has 0 fully saturated rings. The van der Waals surface area contributed by atoms with Crippen molar-refractivity contribution in [2.45, 2.75) is 11.2 Å². The minimum absolute atomic E-state index is 0.210. The Kier molecular flexibility index (Phi) is 4.76. The van der Waals surface area contributed by atoms with Gasteiger partial charge >= 0.3 is 12.1 Å². The van der Waals surface area contributed by atoms with E-state index >= 15 is 0 Å². The first kappa shape index (κ1) is 16.8. The molecule has 1 aromatic heterocycles. The van der Waals surface area contributed by atoms with Gasteiger partial charge in [-0.15, -0.1) is 5.10 Å². The molecule has 8 nitrogen and oxygen atoms in total. The topological polar surface area (TPSA) is 105 Å². The van der Waals surface area contributed by atoms with Crippen LogP contribution in [0.4, 0.5) is 13.2 Å². The molecule has 114 valence electrons. The van der Waals surface area contributed by atoms with Gasteiger partial charge in [-0.2, -0.15) is 17.5 Å². The number of aliphatic carboxylic acids is 1. The molecule has 1 rings (SSSR count). The van der Waals surface area contributed by atoms with Crippen LogP contribution in [0.15, 0.2) is 9.63 Å². The molecule has 1 N–H and O–H groups in total. The average Bonchev–Trinajstić information content (AvgIpc) is 2.55. The van der Waals surface area contributed by atoms with Gasteiger partial charge in [-0.25, -0.2) is 13.1 Å². The molecule has 0 saturated carbocycles. The fraction of sp³-hybridized carbons (Fsp3) is 0.571. The van der Waals surface area contributed by atoms with Crippen LogP contribution in [0.5, 0.6) is 0 Å². The number of hydrogen-bond acceptors (Lipinski definition) is 5. The summed E-state index contributed by atoms with van der Waals surface area (Å²) in [7, 11) is -3.57. The Morgan fingerprint density at radius 1 is 1.50 bits per heavy atom. The molecule has 0 aliphatic heterocycles. The van der Waals surface area contributed by atoms with E-state index in [1.165, 1.54) is 0 Å². The summed E-state index contributed by atoms with van der Waals surface area (Å²) >= 11 is 2.74. The third-order valence-electron chi connectivity index (χ3n) is 1.99. The van der Waals surface area contributed by atoms with E-state index in [0.717, 1.165) is 11.7 Å². The first-order valence-electron chi connectivity index (χ1n) is 4.79. The maximum absolute atomic E-state index is 12.4. The molecule has 0 aromatic carbocycles. The molecule has 0 atom stereocenters. The van der Waals surface area contributed by atoms with Crippen molar-refractivity contribution in [2.75, 3.05) is 13.1 Å². The largest absolute Gasteiger partial charge is 0.480 e. The summed E-state index contributed by atoms with van der Waals surface area (Å²) in [5.41, 5.74) is 0. The molecule has 20 heavy (non-hydrogen) atoms. The van der Waals surface area contributed by atoms with E-state index in [0.29, 0.717) is 0 Å². The van der Waals surface area contributed by atoms with Crippen LogP contribution >= 0.6 is 15.9 Å². The Morgan fingerprint density at radius 2 is 2.05 bits per heavy atom. The smallest absolute Gasteiger partial charge is 0.402 e. The molecule has 1 aromatic rings. The lowest BCUT2D eigenvalue weighted by Gasteiger charge is -2.21. The number of sulfonamides is 1. The molecule has 0 saturated heterocycles. The van der Waals surface area contributed by atoms with E-state index in [1.807, 2.05) is 0 Å². The van der Waals surface area contributed by atoms with Crippen LogP contribution in [0.3, 0.4) is 0 Å². The summed E-state index contributed by atoms with van der Waals surface area (Å²) in [6, 6.07) is 0. The van der Waals surface area contributed by atoms with Gasteiger partial charge in [0, 0.05) is 7.05 Å². The second-order valence-electron chi connectivity index (χ2n) is 3.59. The average molecular weight is 381 g/mol. The monoisotopic (exact) mass is 380 g/mol. The number of aryl methyl sites for hydroxylation is 1. The van der Waals surface area contributed by atoms with E-state index < -0.39 is 40.3 Å². The summed E-state index contributed by atoms with van der Waals surface area (Å²) in [5.74, 6) is -1.72. The summed E-state index contributed by atoms with van der Waals surface area (Å²) in [4.78, 5) is 10.6. The van der Waals surface area contributed by atoms with Gasteiger partial charge in [0.1, 0.15) is 13.1 Å². The normalized spacial score (nSPS) is 12.9. The molecule has 0 aliphatic rings. The Labute approximate surface area is 119 Å². The van der Waals surface area contributed by atoms with Crippen molar-refractivity contribution in [1.29, 1.82) is 0 Å². The quantitative estimate of drug-likeness (QED) is 0.782. The zero-order valence-corrected chi connectivity index (χ0v) is 12.2. The van der Waals surface area contributed by atoms with Crippen molar-refractivity contribution < 1.29 is 31.5 Å². The maximum Gasteiger partial charge on any atom is 0.402 e. The fourth-order valence-corrected chi connectivity index (χ4v) is 3.70. The summed E-state index contributed by atoms with van der Waals surface area (Å²) in [6.45, 7) is -3.27. The maximum atomic E-state index is 12.4. The van der Waals surface area contributed by atoms with Crippen molar-refractivity contribution >= 4 is 31.9 Å². The molecule has 0 radical (unpaired) electrons. The Bertz CT molecular complexity index is 595.